The molecule has 0 aromatic heterocycles. The van der Waals surface area contributed by atoms with Crippen LogP contribution in [0.25, 0.3) is 0 Å². The van der Waals surface area contributed by atoms with Gasteiger partial charge in [-0.05, 0) is 39.9 Å². The van der Waals surface area contributed by atoms with Crippen molar-refractivity contribution >= 4 is 0 Å². The molecule has 0 saturated carbocycles. The molecule has 0 spiro atoms. The summed E-state index contributed by atoms with van der Waals surface area (Å²) >= 11 is 0. The average Bonchev–Trinajstić information content (AvgIpc) is 2.26. The molecule has 0 radical (unpaired) electrons. The van der Waals surface area contributed by atoms with Gasteiger partial charge in [-0.3, -0.25) is 0 Å². The summed E-state index contributed by atoms with van der Waals surface area (Å²) in [6, 6.07) is 0.757. The summed E-state index contributed by atoms with van der Waals surface area (Å²) in [5.74, 6) is 0. The Bertz CT molecular complexity index is 115. The minimum atomic E-state index is 0.757. The normalized spacial score (nSPS) is 13.0. The lowest BCUT2D eigenvalue weighted by atomic mass is 10.0. The van der Waals surface area contributed by atoms with Gasteiger partial charge in [-0.2, -0.15) is 0 Å². The maximum Gasteiger partial charge on any atom is 0.00639 e. The van der Waals surface area contributed by atoms with Crippen molar-refractivity contribution in [3.63, 3.8) is 0 Å². The Morgan fingerprint density at radius 2 is 1.53 bits per heavy atom. The molecule has 92 valence electrons. The van der Waals surface area contributed by atoms with Gasteiger partial charge in [0.1, 0.15) is 0 Å². The molecule has 0 fully saturated rings. The van der Waals surface area contributed by atoms with Crippen LogP contribution in [0.4, 0.5) is 0 Å². The average molecular weight is 214 g/mol. The molecule has 1 atom stereocenters. The highest BCUT2D eigenvalue weighted by molar-refractivity contribution is 4.63. The quantitative estimate of drug-likeness (QED) is 0.517. The van der Waals surface area contributed by atoms with Crippen molar-refractivity contribution < 1.29 is 0 Å². The van der Waals surface area contributed by atoms with E-state index >= 15 is 0 Å². The minimum absolute atomic E-state index is 0.757. The third-order valence-corrected chi connectivity index (χ3v) is 3.02. The van der Waals surface area contributed by atoms with Crippen LogP contribution in [-0.2, 0) is 0 Å². The largest absolute Gasteiger partial charge is 0.320 e. The topological polar surface area (TPSA) is 24.1 Å². The first-order valence-electron chi connectivity index (χ1n) is 6.67. The molecule has 0 aliphatic rings. The van der Waals surface area contributed by atoms with Crippen LogP contribution in [0.1, 0.15) is 58.3 Å². The van der Waals surface area contributed by atoms with Gasteiger partial charge >= 0.3 is 0 Å². The lowest BCUT2D eigenvalue weighted by molar-refractivity contribution is 0.454. The van der Waals surface area contributed by atoms with Crippen LogP contribution in [0.3, 0.4) is 0 Å². The summed E-state index contributed by atoms with van der Waals surface area (Å²) in [5, 5.41) is 6.60. The van der Waals surface area contributed by atoms with Crippen LogP contribution in [0.15, 0.2) is 0 Å². The number of nitrogens with one attached hydrogen (secondary N) is 2. The molecule has 15 heavy (non-hydrogen) atoms. The Morgan fingerprint density at radius 3 is 2.13 bits per heavy atom. The monoisotopic (exact) mass is 214 g/mol. The van der Waals surface area contributed by atoms with E-state index < -0.39 is 0 Å². The first-order chi connectivity index (χ1) is 7.35. The number of rotatable bonds is 11. The fraction of sp³-hybridized carbons (Fsp3) is 1.00. The molecule has 0 saturated heterocycles. The van der Waals surface area contributed by atoms with Crippen molar-refractivity contribution in [2.75, 3.05) is 20.6 Å². The number of hydrogen-bond donors (Lipinski definition) is 2. The standard InChI is InChI=1S/C13H30N2/c1-4-10-13(15-3)11-8-6-5-7-9-12-14-2/h13-15H,4-12H2,1-3H3. The Kier molecular flexibility index (Phi) is 11.9. The van der Waals surface area contributed by atoms with Crippen molar-refractivity contribution in [2.45, 2.75) is 64.3 Å². The first kappa shape index (κ1) is 14.9. The predicted molar refractivity (Wildman–Crippen MR) is 69.4 cm³/mol. The number of hydrogen-bond acceptors (Lipinski definition) is 2. The number of unbranched alkanes of at least 4 members (excludes halogenated alkanes) is 4. The molecule has 0 aromatic rings. The zero-order valence-electron chi connectivity index (χ0n) is 10.9. The highest BCUT2D eigenvalue weighted by Gasteiger charge is 2.03. The zero-order valence-corrected chi connectivity index (χ0v) is 10.9. The zero-order chi connectivity index (χ0) is 11.4. The van der Waals surface area contributed by atoms with Crippen molar-refractivity contribution in [2.24, 2.45) is 0 Å². The Labute approximate surface area is 96.2 Å². The van der Waals surface area contributed by atoms with Gasteiger partial charge in [0.05, 0.1) is 0 Å². The van der Waals surface area contributed by atoms with Crippen molar-refractivity contribution in [3.05, 3.63) is 0 Å². The summed E-state index contributed by atoms with van der Waals surface area (Å²) < 4.78 is 0. The molecule has 0 heterocycles. The second-order valence-electron chi connectivity index (χ2n) is 4.43. The summed E-state index contributed by atoms with van der Waals surface area (Å²) in [7, 11) is 4.12. The third kappa shape index (κ3) is 10.2. The van der Waals surface area contributed by atoms with Gasteiger partial charge in [0.25, 0.3) is 0 Å². The highest BCUT2D eigenvalue weighted by atomic mass is 14.9. The van der Waals surface area contributed by atoms with E-state index in [0.29, 0.717) is 0 Å². The van der Waals surface area contributed by atoms with Gasteiger partial charge in [0.15, 0.2) is 0 Å². The van der Waals surface area contributed by atoms with Gasteiger partial charge in [-0.15, -0.1) is 0 Å². The Morgan fingerprint density at radius 1 is 0.867 bits per heavy atom. The molecular formula is C13H30N2. The summed E-state index contributed by atoms with van der Waals surface area (Å²) in [4.78, 5) is 0. The predicted octanol–water partition coefficient (Wildman–Crippen LogP) is 2.93. The summed E-state index contributed by atoms with van der Waals surface area (Å²) in [6.07, 6.45) is 10.9. The molecule has 0 aliphatic heterocycles. The highest BCUT2D eigenvalue weighted by Crippen LogP contribution is 2.09. The lowest BCUT2D eigenvalue weighted by Gasteiger charge is -2.14. The summed E-state index contributed by atoms with van der Waals surface area (Å²) in [6.45, 7) is 3.44. The van der Waals surface area contributed by atoms with Crippen LogP contribution >= 0.6 is 0 Å². The second-order valence-corrected chi connectivity index (χ2v) is 4.43. The van der Waals surface area contributed by atoms with E-state index in [1.165, 1.54) is 57.9 Å². The molecule has 2 N–H and O–H groups in total. The van der Waals surface area contributed by atoms with E-state index in [1.54, 1.807) is 0 Å². The van der Waals surface area contributed by atoms with Gasteiger partial charge in [-0.1, -0.05) is 39.0 Å². The van der Waals surface area contributed by atoms with Crippen LogP contribution in [0.2, 0.25) is 0 Å². The smallest absolute Gasteiger partial charge is 0.00639 e. The molecule has 1 unspecified atom stereocenters. The minimum Gasteiger partial charge on any atom is -0.320 e. The molecule has 0 bridgehead atoms. The van der Waals surface area contributed by atoms with Gasteiger partial charge in [-0.25, -0.2) is 0 Å². The molecule has 0 aromatic carbocycles. The van der Waals surface area contributed by atoms with E-state index in [0.717, 1.165) is 6.04 Å². The summed E-state index contributed by atoms with van der Waals surface area (Å²) in [5.41, 5.74) is 0. The molecule has 2 nitrogen and oxygen atoms in total. The van der Waals surface area contributed by atoms with Gasteiger partial charge in [0, 0.05) is 6.04 Å². The molecular weight excluding hydrogens is 184 g/mol. The molecule has 0 aliphatic carbocycles. The van der Waals surface area contributed by atoms with Crippen LogP contribution < -0.4 is 10.6 Å². The van der Waals surface area contributed by atoms with Crippen molar-refractivity contribution in [3.8, 4) is 0 Å². The van der Waals surface area contributed by atoms with Gasteiger partial charge in [0.2, 0.25) is 0 Å². The van der Waals surface area contributed by atoms with E-state index in [9.17, 15) is 0 Å². The van der Waals surface area contributed by atoms with Crippen molar-refractivity contribution in [1.82, 2.24) is 10.6 Å². The first-order valence-corrected chi connectivity index (χ1v) is 6.67. The second kappa shape index (κ2) is 12.0. The SMILES string of the molecule is CCCC(CCCCCCCNC)NC. The van der Waals surface area contributed by atoms with E-state index in [-0.39, 0.29) is 0 Å². The maximum absolute atomic E-state index is 3.40. The maximum atomic E-state index is 3.40. The lowest BCUT2D eigenvalue weighted by Crippen LogP contribution is -2.24. The van der Waals surface area contributed by atoms with Crippen LogP contribution in [0.5, 0.6) is 0 Å². The van der Waals surface area contributed by atoms with E-state index in [4.69, 9.17) is 0 Å². The van der Waals surface area contributed by atoms with Gasteiger partial charge < -0.3 is 10.6 Å². The molecule has 0 rings (SSSR count). The van der Waals surface area contributed by atoms with Crippen LogP contribution in [0, 0.1) is 0 Å². The molecule has 2 heteroatoms. The van der Waals surface area contributed by atoms with Crippen molar-refractivity contribution in [1.29, 1.82) is 0 Å². The third-order valence-electron chi connectivity index (χ3n) is 3.02. The fourth-order valence-corrected chi connectivity index (χ4v) is 2.00. The Hall–Kier alpha value is -0.0800. The van der Waals surface area contributed by atoms with E-state index in [2.05, 4.69) is 24.6 Å². The fourth-order valence-electron chi connectivity index (χ4n) is 2.00. The Balaban J connectivity index is 3.14. The van der Waals surface area contributed by atoms with E-state index in [1.807, 2.05) is 7.05 Å². The molecule has 0 amide bonds. The van der Waals surface area contributed by atoms with Crippen LogP contribution in [-0.4, -0.2) is 26.7 Å².